The summed E-state index contributed by atoms with van der Waals surface area (Å²) in [4.78, 5) is 24.7. The largest absolute Gasteiger partial charge is 0.497 e. The molecule has 1 atom stereocenters. The summed E-state index contributed by atoms with van der Waals surface area (Å²) in [7, 11) is 6.10. The van der Waals surface area contributed by atoms with Crippen LogP contribution in [0.15, 0.2) is 42.6 Å². The first-order valence-electron chi connectivity index (χ1n) is 10.1. The molecule has 2 aromatic carbocycles. The SMILES string of the molecule is COc1cccc(-n2cc(C(=O)O)c3c2[C@H](c2ccc(OC)c(OC)c2OC)CC(=O)N3)c1. The Morgan fingerprint density at radius 2 is 1.79 bits per heavy atom. The molecule has 0 unspecified atom stereocenters. The second-order valence-electron chi connectivity index (χ2n) is 7.41. The zero-order valence-electron chi connectivity index (χ0n) is 18.7. The number of aromatic carboxylic acids is 1. The Bertz CT molecular complexity index is 1230. The van der Waals surface area contributed by atoms with Crippen LogP contribution in [0.25, 0.3) is 5.69 Å². The van der Waals surface area contributed by atoms with Gasteiger partial charge in [-0.05, 0) is 18.2 Å². The van der Waals surface area contributed by atoms with Gasteiger partial charge in [0.25, 0.3) is 0 Å². The molecule has 0 aliphatic carbocycles. The molecule has 3 aromatic rings. The Labute approximate surface area is 190 Å². The fourth-order valence-corrected chi connectivity index (χ4v) is 4.26. The summed E-state index contributed by atoms with van der Waals surface area (Å²) in [5, 5.41) is 12.6. The van der Waals surface area contributed by atoms with Crippen molar-refractivity contribution >= 4 is 17.6 Å². The molecule has 4 rings (SSSR count). The van der Waals surface area contributed by atoms with Crippen LogP contribution >= 0.6 is 0 Å². The van der Waals surface area contributed by atoms with E-state index in [1.807, 2.05) is 12.1 Å². The molecule has 1 aliphatic rings. The number of methoxy groups -OCH3 is 4. The van der Waals surface area contributed by atoms with E-state index in [9.17, 15) is 14.7 Å². The number of carboxylic acids is 1. The number of ether oxygens (including phenoxy) is 4. The summed E-state index contributed by atoms with van der Waals surface area (Å²) >= 11 is 0. The number of nitrogens with one attached hydrogen (secondary N) is 1. The maximum Gasteiger partial charge on any atom is 0.339 e. The summed E-state index contributed by atoms with van der Waals surface area (Å²) < 4.78 is 23.7. The maximum absolute atomic E-state index is 12.7. The van der Waals surface area contributed by atoms with Gasteiger partial charge in [-0.25, -0.2) is 4.79 Å². The Morgan fingerprint density at radius 1 is 1.03 bits per heavy atom. The van der Waals surface area contributed by atoms with Gasteiger partial charge in [0.05, 0.1) is 39.8 Å². The van der Waals surface area contributed by atoms with Gasteiger partial charge in [0.15, 0.2) is 11.5 Å². The van der Waals surface area contributed by atoms with Crippen LogP contribution in [0.1, 0.15) is 34.0 Å². The van der Waals surface area contributed by atoms with E-state index in [1.54, 1.807) is 35.9 Å². The molecule has 0 fully saturated rings. The van der Waals surface area contributed by atoms with Gasteiger partial charge < -0.3 is 33.9 Å². The van der Waals surface area contributed by atoms with E-state index in [2.05, 4.69) is 5.32 Å². The summed E-state index contributed by atoms with van der Waals surface area (Å²) in [6.45, 7) is 0. The fraction of sp³-hybridized carbons (Fsp3) is 0.250. The van der Waals surface area contributed by atoms with E-state index >= 15 is 0 Å². The highest BCUT2D eigenvalue weighted by molar-refractivity contribution is 6.04. The zero-order chi connectivity index (χ0) is 23.7. The predicted molar refractivity (Wildman–Crippen MR) is 120 cm³/mol. The number of hydrogen-bond acceptors (Lipinski definition) is 6. The van der Waals surface area contributed by atoms with Crippen molar-refractivity contribution in [1.29, 1.82) is 0 Å². The van der Waals surface area contributed by atoms with Crippen molar-refractivity contribution < 1.29 is 33.6 Å². The molecule has 9 nitrogen and oxygen atoms in total. The number of anilines is 1. The van der Waals surface area contributed by atoms with Crippen molar-refractivity contribution in [2.75, 3.05) is 33.8 Å². The van der Waals surface area contributed by atoms with E-state index < -0.39 is 11.9 Å². The molecule has 0 radical (unpaired) electrons. The number of fused-ring (bicyclic) bond motifs is 1. The molecule has 9 heteroatoms. The van der Waals surface area contributed by atoms with Crippen molar-refractivity contribution in [2.24, 2.45) is 0 Å². The Kier molecular flexibility index (Phi) is 5.87. The molecule has 2 N–H and O–H groups in total. The number of amides is 1. The fourth-order valence-electron chi connectivity index (χ4n) is 4.26. The number of carbonyl (C=O) groups is 2. The first kappa shape index (κ1) is 22.1. The van der Waals surface area contributed by atoms with Crippen molar-refractivity contribution in [3.05, 3.63) is 59.4 Å². The molecular weight excluding hydrogens is 428 g/mol. The van der Waals surface area contributed by atoms with E-state index in [0.29, 0.717) is 39.9 Å². The lowest BCUT2D eigenvalue weighted by molar-refractivity contribution is -0.116. The van der Waals surface area contributed by atoms with Crippen LogP contribution in [0, 0.1) is 0 Å². The van der Waals surface area contributed by atoms with Crippen LogP contribution in [0.3, 0.4) is 0 Å². The number of hydrogen-bond donors (Lipinski definition) is 2. The second-order valence-corrected chi connectivity index (χ2v) is 7.41. The van der Waals surface area contributed by atoms with Gasteiger partial charge in [0.1, 0.15) is 11.3 Å². The van der Waals surface area contributed by atoms with Crippen molar-refractivity contribution in [3.63, 3.8) is 0 Å². The Morgan fingerprint density at radius 3 is 2.42 bits per heavy atom. The van der Waals surface area contributed by atoms with Gasteiger partial charge in [0, 0.05) is 35.9 Å². The molecule has 2 heterocycles. The van der Waals surface area contributed by atoms with Crippen LogP contribution in [0.2, 0.25) is 0 Å². The molecule has 1 aromatic heterocycles. The van der Waals surface area contributed by atoms with Crippen LogP contribution in [-0.2, 0) is 4.79 Å². The molecule has 0 bridgehead atoms. The third-order valence-corrected chi connectivity index (χ3v) is 5.70. The molecule has 33 heavy (non-hydrogen) atoms. The molecule has 0 saturated carbocycles. The number of carbonyl (C=O) groups excluding carboxylic acids is 1. The lowest BCUT2D eigenvalue weighted by Gasteiger charge is -2.28. The van der Waals surface area contributed by atoms with Gasteiger partial charge >= 0.3 is 5.97 Å². The Balaban J connectivity index is 2.01. The standard InChI is InChI=1S/C24H24N2O7/c1-30-14-7-5-6-13(10-14)26-12-17(24(28)29)20-21(26)16(11-19(27)25-20)15-8-9-18(31-2)23(33-4)22(15)32-3/h5-10,12,16H,11H2,1-4H3,(H,25,27)(H,28,29)/t16-/m0/s1. The summed E-state index contributed by atoms with van der Waals surface area (Å²) in [6, 6.07) is 10.8. The van der Waals surface area contributed by atoms with Crippen LogP contribution < -0.4 is 24.3 Å². The number of nitrogens with zero attached hydrogens (tertiary/aromatic N) is 1. The van der Waals surface area contributed by atoms with Gasteiger partial charge in [-0.3, -0.25) is 4.79 Å². The maximum atomic E-state index is 12.7. The third-order valence-electron chi connectivity index (χ3n) is 5.70. The predicted octanol–water partition coefficient (Wildman–Crippen LogP) is 3.68. The molecule has 0 spiro atoms. The first-order valence-corrected chi connectivity index (χ1v) is 10.1. The van der Waals surface area contributed by atoms with Gasteiger partial charge in [-0.2, -0.15) is 0 Å². The molecule has 1 aliphatic heterocycles. The van der Waals surface area contributed by atoms with Crippen molar-refractivity contribution in [2.45, 2.75) is 12.3 Å². The van der Waals surface area contributed by atoms with E-state index in [4.69, 9.17) is 18.9 Å². The lowest BCUT2D eigenvalue weighted by Crippen LogP contribution is -2.26. The topological polar surface area (TPSA) is 108 Å². The second kappa shape index (κ2) is 8.78. The molecule has 1 amide bonds. The number of benzene rings is 2. The zero-order valence-corrected chi connectivity index (χ0v) is 18.7. The average Bonchev–Trinajstić information content (AvgIpc) is 3.22. The van der Waals surface area contributed by atoms with Crippen LogP contribution in [0.5, 0.6) is 23.0 Å². The summed E-state index contributed by atoms with van der Waals surface area (Å²) in [5.41, 5.74) is 2.23. The number of aromatic nitrogens is 1. The summed E-state index contributed by atoms with van der Waals surface area (Å²) in [6.07, 6.45) is 1.60. The highest BCUT2D eigenvalue weighted by Crippen LogP contribution is 2.49. The smallest absolute Gasteiger partial charge is 0.339 e. The highest BCUT2D eigenvalue weighted by Gasteiger charge is 2.37. The molecule has 172 valence electrons. The first-order chi connectivity index (χ1) is 15.9. The quantitative estimate of drug-likeness (QED) is 0.563. The minimum absolute atomic E-state index is 0.00897. The monoisotopic (exact) mass is 452 g/mol. The number of rotatable bonds is 7. The van der Waals surface area contributed by atoms with Crippen LogP contribution in [-0.4, -0.2) is 50.0 Å². The normalized spacial score (nSPS) is 14.8. The summed E-state index contributed by atoms with van der Waals surface area (Å²) in [5.74, 6) is -0.0493. The molecule has 0 saturated heterocycles. The van der Waals surface area contributed by atoms with E-state index in [-0.39, 0.29) is 23.6 Å². The Hall–Kier alpha value is -4.14. The highest BCUT2D eigenvalue weighted by atomic mass is 16.5. The van der Waals surface area contributed by atoms with Crippen molar-refractivity contribution in [3.8, 4) is 28.7 Å². The van der Waals surface area contributed by atoms with Gasteiger partial charge in [-0.15, -0.1) is 0 Å². The minimum Gasteiger partial charge on any atom is -0.497 e. The average molecular weight is 452 g/mol. The third kappa shape index (κ3) is 3.71. The lowest BCUT2D eigenvalue weighted by atomic mass is 9.87. The van der Waals surface area contributed by atoms with E-state index in [1.165, 1.54) is 27.5 Å². The van der Waals surface area contributed by atoms with E-state index in [0.717, 1.165) is 0 Å². The van der Waals surface area contributed by atoms with Gasteiger partial charge in [0.2, 0.25) is 11.7 Å². The number of carboxylic acid groups (broad SMARTS) is 1. The van der Waals surface area contributed by atoms with Crippen molar-refractivity contribution in [1.82, 2.24) is 4.57 Å². The van der Waals surface area contributed by atoms with Crippen LogP contribution in [0.4, 0.5) is 5.69 Å². The molecular formula is C24H24N2O7. The minimum atomic E-state index is -1.15. The van der Waals surface area contributed by atoms with Gasteiger partial charge in [-0.1, -0.05) is 12.1 Å².